The van der Waals surface area contributed by atoms with E-state index in [2.05, 4.69) is 37.4 Å². The van der Waals surface area contributed by atoms with Crippen molar-refractivity contribution in [3.63, 3.8) is 0 Å². The van der Waals surface area contributed by atoms with Crippen LogP contribution < -0.4 is 5.32 Å². The molecule has 0 aromatic heterocycles. The van der Waals surface area contributed by atoms with Gasteiger partial charge in [-0.15, -0.1) is 0 Å². The molecule has 1 aromatic rings. The van der Waals surface area contributed by atoms with Gasteiger partial charge in [-0.1, -0.05) is 19.1 Å². The van der Waals surface area contributed by atoms with Crippen molar-refractivity contribution in [3.8, 4) is 0 Å². The maximum Gasteiger partial charge on any atom is 0.106 e. The molecule has 1 rings (SSSR count). The lowest BCUT2D eigenvalue weighted by Crippen LogP contribution is -1.94. The summed E-state index contributed by atoms with van der Waals surface area (Å²) in [7, 11) is 1.97. The summed E-state index contributed by atoms with van der Waals surface area (Å²) in [4.78, 5) is 8.00. The molecule has 1 N–H and O–H groups in total. The predicted octanol–water partition coefficient (Wildman–Crippen LogP) is 2.41. The largest absolute Gasteiger partial charge is 0.388 e. The molecule has 2 heteroatoms. The molecule has 0 unspecified atom stereocenters. The van der Waals surface area contributed by atoms with E-state index >= 15 is 0 Å². The van der Waals surface area contributed by atoms with Gasteiger partial charge >= 0.3 is 0 Å². The zero-order valence-electron chi connectivity index (χ0n) is 8.55. The van der Waals surface area contributed by atoms with Crippen LogP contribution in [0.1, 0.15) is 18.1 Å². The average molecular weight is 179 g/mol. The third-order valence-corrected chi connectivity index (χ3v) is 1.92. The van der Waals surface area contributed by atoms with Crippen LogP contribution in [-0.4, -0.2) is 13.8 Å². The van der Waals surface area contributed by atoms with Crippen LogP contribution >= 0.6 is 0 Å². The molecule has 0 radical (unpaired) electrons. The smallest absolute Gasteiger partial charge is 0.106 e. The zero-order chi connectivity index (χ0) is 10.3. The number of rotatable bonds is 2. The average Bonchev–Trinajstić information content (AvgIpc) is 2.20. The van der Waals surface area contributed by atoms with Gasteiger partial charge in [0.05, 0.1) is 0 Å². The monoisotopic (exact) mass is 179 g/mol. The third-order valence-electron chi connectivity index (χ3n) is 1.92. The minimum absolute atomic E-state index is 1.09. The fraction of sp³-hybridized carbons (Fsp3) is 0.364. The molecule has 0 aliphatic rings. The quantitative estimate of drug-likeness (QED) is 0.755. The number of hydrogen-bond acceptors (Lipinski definition) is 2. The van der Waals surface area contributed by atoms with Gasteiger partial charge in [-0.05, 0) is 30.5 Å². The van der Waals surface area contributed by atoms with Crippen LogP contribution in [0.3, 0.4) is 0 Å². The van der Waals surface area contributed by atoms with Crippen molar-refractivity contribution in [3.05, 3.63) is 29.3 Å². The third kappa shape index (κ3) is 3.28. The summed E-state index contributed by atoms with van der Waals surface area (Å²) < 4.78 is 0. The molecule has 0 bridgehead atoms. The van der Waals surface area contributed by atoms with Gasteiger partial charge in [-0.3, -0.25) is 0 Å². The highest BCUT2D eigenvalue weighted by Crippen LogP contribution is 2.16. The van der Waals surface area contributed by atoms with Crippen LogP contribution in [-0.2, 0) is 11.2 Å². The van der Waals surface area contributed by atoms with Crippen molar-refractivity contribution in [2.45, 2.75) is 20.3 Å². The first-order valence-electron chi connectivity index (χ1n) is 4.34. The van der Waals surface area contributed by atoms with Gasteiger partial charge in [0.1, 0.15) is 6.79 Å². The summed E-state index contributed by atoms with van der Waals surface area (Å²) in [5, 5.41) is 3.19. The van der Waals surface area contributed by atoms with Gasteiger partial charge in [-0.2, -0.15) is 0 Å². The molecule has 2 nitrogen and oxygen atoms in total. The number of carbonyl (C=O) groups is 1. The standard InChI is InChI=1S/C10H15N.CH2O/c1-4-9-6-5-8(2)7-10(9)11-3;1-2/h5-7,11H,4H2,1-3H3;1H2. The van der Waals surface area contributed by atoms with Gasteiger partial charge in [-0.25, -0.2) is 0 Å². The summed E-state index contributed by atoms with van der Waals surface area (Å²) >= 11 is 0. The lowest BCUT2D eigenvalue weighted by molar-refractivity contribution is -0.0979. The van der Waals surface area contributed by atoms with Crippen LogP contribution in [0.15, 0.2) is 18.2 Å². The molecular formula is C11H17NO. The Kier molecular flexibility index (Phi) is 5.60. The van der Waals surface area contributed by atoms with Crippen molar-refractivity contribution < 1.29 is 4.79 Å². The molecule has 0 atom stereocenters. The molecule has 0 saturated heterocycles. The van der Waals surface area contributed by atoms with Gasteiger partial charge in [0, 0.05) is 12.7 Å². The Bertz CT molecular complexity index is 258. The van der Waals surface area contributed by atoms with E-state index in [1.165, 1.54) is 16.8 Å². The van der Waals surface area contributed by atoms with E-state index in [4.69, 9.17) is 4.79 Å². The Balaban J connectivity index is 0.000000671. The Morgan fingerprint density at radius 2 is 2.00 bits per heavy atom. The fourth-order valence-corrected chi connectivity index (χ4v) is 1.23. The van der Waals surface area contributed by atoms with E-state index in [0.29, 0.717) is 0 Å². The normalized spacial score (nSPS) is 8.54. The second-order valence-corrected chi connectivity index (χ2v) is 2.76. The molecule has 0 saturated carbocycles. The Morgan fingerprint density at radius 3 is 2.46 bits per heavy atom. The van der Waals surface area contributed by atoms with E-state index in [-0.39, 0.29) is 0 Å². The number of aryl methyl sites for hydroxylation is 2. The molecule has 0 aliphatic carbocycles. The number of benzene rings is 1. The summed E-state index contributed by atoms with van der Waals surface area (Å²) in [6, 6.07) is 6.51. The lowest BCUT2D eigenvalue weighted by Gasteiger charge is -2.07. The first kappa shape index (κ1) is 11.7. The molecule has 0 fully saturated rings. The van der Waals surface area contributed by atoms with Crippen LogP contribution in [0.4, 0.5) is 5.69 Å². The van der Waals surface area contributed by atoms with E-state index in [1.54, 1.807) is 0 Å². The number of hydrogen-bond donors (Lipinski definition) is 1. The minimum atomic E-state index is 1.09. The SMILES string of the molecule is C=O.CCc1ccc(C)cc1NC. The van der Waals surface area contributed by atoms with E-state index < -0.39 is 0 Å². The van der Waals surface area contributed by atoms with Crippen LogP contribution in [0.25, 0.3) is 0 Å². The highest BCUT2D eigenvalue weighted by Gasteiger charge is 1.96. The van der Waals surface area contributed by atoms with Gasteiger partial charge in [0.2, 0.25) is 0 Å². The van der Waals surface area contributed by atoms with Crippen molar-refractivity contribution in [2.75, 3.05) is 12.4 Å². The molecule has 13 heavy (non-hydrogen) atoms. The number of anilines is 1. The molecule has 0 aliphatic heterocycles. The summed E-state index contributed by atoms with van der Waals surface area (Å²) in [6.07, 6.45) is 1.09. The second-order valence-electron chi connectivity index (χ2n) is 2.76. The van der Waals surface area contributed by atoms with Crippen molar-refractivity contribution in [2.24, 2.45) is 0 Å². The lowest BCUT2D eigenvalue weighted by atomic mass is 10.1. The first-order valence-corrected chi connectivity index (χ1v) is 4.34. The van der Waals surface area contributed by atoms with Crippen LogP contribution in [0.5, 0.6) is 0 Å². The van der Waals surface area contributed by atoms with Crippen molar-refractivity contribution in [1.82, 2.24) is 0 Å². The van der Waals surface area contributed by atoms with Crippen LogP contribution in [0.2, 0.25) is 0 Å². The summed E-state index contributed by atoms with van der Waals surface area (Å²) in [5.41, 5.74) is 3.96. The second kappa shape index (κ2) is 6.23. The van der Waals surface area contributed by atoms with Gasteiger partial charge < -0.3 is 10.1 Å². The molecule has 0 heterocycles. The molecular weight excluding hydrogens is 162 g/mol. The van der Waals surface area contributed by atoms with Crippen LogP contribution in [0, 0.1) is 6.92 Å². The predicted molar refractivity (Wildman–Crippen MR) is 57.2 cm³/mol. The Morgan fingerprint density at radius 1 is 1.38 bits per heavy atom. The van der Waals surface area contributed by atoms with E-state index in [9.17, 15) is 0 Å². The van der Waals surface area contributed by atoms with Gasteiger partial charge in [0.25, 0.3) is 0 Å². The van der Waals surface area contributed by atoms with Gasteiger partial charge in [0.15, 0.2) is 0 Å². The molecule has 0 spiro atoms. The molecule has 0 amide bonds. The van der Waals surface area contributed by atoms with E-state index in [1.807, 2.05) is 13.8 Å². The fourth-order valence-electron chi connectivity index (χ4n) is 1.23. The number of nitrogens with one attached hydrogen (secondary N) is 1. The topological polar surface area (TPSA) is 29.1 Å². The zero-order valence-corrected chi connectivity index (χ0v) is 8.55. The summed E-state index contributed by atoms with van der Waals surface area (Å²) in [5.74, 6) is 0. The van der Waals surface area contributed by atoms with Crippen molar-refractivity contribution in [1.29, 1.82) is 0 Å². The van der Waals surface area contributed by atoms with Crippen molar-refractivity contribution >= 4 is 12.5 Å². The Hall–Kier alpha value is -1.31. The highest BCUT2D eigenvalue weighted by molar-refractivity contribution is 5.52. The van der Waals surface area contributed by atoms with E-state index in [0.717, 1.165) is 6.42 Å². The maximum atomic E-state index is 8.00. The minimum Gasteiger partial charge on any atom is -0.388 e. The Labute approximate surface area is 80.0 Å². The molecule has 72 valence electrons. The number of carbonyl (C=O) groups excluding carboxylic acids is 1. The molecule has 1 aromatic carbocycles. The maximum absolute atomic E-state index is 8.00. The summed E-state index contributed by atoms with van der Waals surface area (Å²) in [6.45, 7) is 6.28. The first-order chi connectivity index (χ1) is 6.27. The highest BCUT2D eigenvalue weighted by atomic mass is 16.1.